The zero-order chi connectivity index (χ0) is 18.7. The molecule has 3 heteroatoms. The van der Waals surface area contributed by atoms with Crippen LogP contribution in [0.4, 0.5) is 15.8 Å². The number of nitrogens with zero attached hydrogens (tertiary/aromatic N) is 1. The maximum Gasteiger partial charge on any atom is 0.138 e. The lowest BCUT2D eigenvalue weighted by molar-refractivity contribution is 0.651. The quantitative estimate of drug-likeness (QED) is 0.318. The van der Waals surface area contributed by atoms with Crippen LogP contribution in [0.1, 0.15) is 25.3 Å². The molecular formula is C24H20FNS. The minimum Gasteiger partial charge on any atom is -0.343 e. The van der Waals surface area contributed by atoms with E-state index in [1.54, 1.807) is 11.8 Å². The third-order valence-electron chi connectivity index (χ3n) is 5.48. The molecule has 0 atom stereocenters. The van der Waals surface area contributed by atoms with E-state index in [4.69, 9.17) is 0 Å². The Hall–Kier alpha value is -2.52. The normalized spacial score (nSPS) is 13.3. The van der Waals surface area contributed by atoms with E-state index < -0.39 is 0 Å². The molecule has 0 bridgehead atoms. The number of halogens is 1. The van der Waals surface area contributed by atoms with Gasteiger partial charge in [0.15, 0.2) is 0 Å². The minimum absolute atomic E-state index is 0.128. The third kappa shape index (κ3) is 2.38. The van der Waals surface area contributed by atoms with Crippen molar-refractivity contribution in [3.05, 3.63) is 72.0 Å². The number of hydrogen-bond acceptors (Lipinski definition) is 2. The summed E-state index contributed by atoms with van der Waals surface area (Å²) in [7, 11) is 2.10. The summed E-state index contributed by atoms with van der Waals surface area (Å²) in [5.41, 5.74) is 3.70. The van der Waals surface area contributed by atoms with E-state index in [2.05, 4.69) is 50.1 Å². The molecule has 0 unspecified atom stereocenters. The summed E-state index contributed by atoms with van der Waals surface area (Å²) < 4.78 is 15.2. The van der Waals surface area contributed by atoms with Crippen LogP contribution in [0.2, 0.25) is 0 Å². The smallest absolute Gasteiger partial charge is 0.138 e. The van der Waals surface area contributed by atoms with Gasteiger partial charge in [-0.05, 0) is 41.1 Å². The van der Waals surface area contributed by atoms with Gasteiger partial charge in [-0.2, -0.15) is 0 Å². The number of anilines is 2. The predicted octanol–water partition coefficient (Wildman–Crippen LogP) is 7.49. The van der Waals surface area contributed by atoms with Crippen LogP contribution in [0.3, 0.4) is 0 Å². The van der Waals surface area contributed by atoms with E-state index in [1.807, 2.05) is 36.4 Å². The van der Waals surface area contributed by atoms with E-state index in [0.717, 1.165) is 21.4 Å². The molecule has 0 saturated carbocycles. The van der Waals surface area contributed by atoms with E-state index in [-0.39, 0.29) is 5.82 Å². The maximum absolute atomic E-state index is 15.2. The summed E-state index contributed by atoms with van der Waals surface area (Å²) in [5.74, 6) is 0.312. The van der Waals surface area contributed by atoms with Crippen LogP contribution in [0.15, 0.2) is 70.5 Å². The van der Waals surface area contributed by atoms with Gasteiger partial charge in [0.2, 0.25) is 0 Å². The Bertz CT molecular complexity index is 1210. The Kier molecular flexibility index (Phi) is 3.70. The zero-order valence-corrected chi connectivity index (χ0v) is 16.4. The molecular weight excluding hydrogens is 353 g/mol. The van der Waals surface area contributed by atoms with Crippen molar-refractivity contribution in [3.63, 3.8) is 0 Å². The Morgan fingerprint density at radius 3 is 2.41 bits per heavy atom. The molecule has 134 valence electrons. The first kappa shape index (κ1) is 16.6. The fourth-order valence-corrected chi connectivity index (χ4v) is 5.55. The lowest BCUT2D eigenvalue weighted by atomic mass is 10.0. The molecule has 0 aliphatic carbocycles. The number of benzene rings is 4. The second-order valence-corrected chi connectivity index (χ2v) is 8.45. The molecule has 0 amide bonds. The molecule has 0 aromatic heterocycles. The fraction of sp³-hybridized carbons (Fsp3) is 0.167. The summed E-state index contributed by atoms with van der Waals surface area (Å²) in [4.78, 5) is 4.66. The van der Waals surface area contributed by atoms with Gasteiger partial charge in [-0.15, -0.1) is 0 Å². The summed E-state index contributed by atoms with van der Waals surface area (Å²) in [6.45, 7) is 4.45. The van der Waals surface area contributed by atoms with Crippen LogP contribution in [0.25, 0.3) is 21.5 Å². The minimum atomic E-state index is -0.128. The molecule has 27 heavy (non-hydrogen) atoms. The summed E-state index contributed by atoms with van der Waals surface area (Å²) in [5, 5.41) is 3.31. The standard InChI is InChI=1S/C24H20FNS/c1-14(2)16-9-6-10-20-23(16)27-24-19-13-15-7-4-5-8-17(15)22(25)18(19)11-12-21(24)26(20)3/h4-14H,1-3H3. The molecule has 0 fully saturated rings. The average Bonchev–Trinajstić information content (AvgIpc) is 2.68. The van der Waals surface area contributed by atoms with Crippen molar-refractivity contribution in [2.75, 3.05) is 11.9 Å². The average molecular weight is 373 g/mol. The highest BCUT2D eigenvalue weighted by atomic mass is 32.2. The van der Waals surface area contributed by atoms with Crippen molar-refractivity contribution in [2.24, 2.45) is 0 Å². The second kappa shape index (κ2) is 6.00. The Morgan fingerprint density at radius 1 is 0.815 bits per heavy atom. The second-order valence-electron chi connectivity index (χ2n) is 7.43. The predicted molar refractivity (Wildman–Crippen MR) is 114 cm³/mol. The van der Waals surface area contributed by atoms with Gasteiger partial charge >= 0.3 is 0 Å². The highest BCUT2D eigenvalue weighted by Gasteiger charge is 2.26. The van der Waals surface area contributed by atoms with Crippen LogP contribution in [0, 0.1) is 5.82 Å². The molecule has 1 aliphatic rings. The Morgan fingerprint density at radius 2 is 1.59 bits per heavy atom. The van der Waals surface area contributed by atoms with Gasteiger partial charge in [-0.1, -0.05) is 62.0 Å². The SMILES string of the molecule is CC(C)c1cccc2c1Sc1c(ccc3c(F)c4ccccc4cc13)N2C. The van der Waals surface area contributed by atoms with Crippen molar-refractivity contribution < 1.29 is 4.39 Å². The van der Waals surface area contributed by atoms with Gasteiger partial charge in [0.05, 0.1) is 11.4 Å². The highest BCUT2D eigenvalue weighted by Crippen LogP contribution is 2.52. The largest absolute Gasteiger partial charge is 0.343 e. The molecule has 0 spiro atoms. The highest BCUT2D eigenvalue weighted by molar-refractivity contribution is 8.00. The molecule has 0 N–H and O–H groups in total. The molecule has 1 aliphatic heterocycles. The van der Waals surface area contributed by atoms with Crippen LogP contribution >= 0.6 is 11.8 Å². The van der Waals surface area contributed by atoms with Gasteiger partial charge in [-0.3, -0.25) is 0 Å². The zero-order valence-electron chi connectivity index (χ0n) is 15.6. The fourth-order valence-electron chi connectivity index (χ4n) is 4.02. The number of hydrogen-bond donors (Lipinski definition) is 0. The monoisotopic (exact) mass is 373 g/mol. The lowest BCUT2D eigenvalue weighted by Gasteiger charge is -2.32. The first-order chi connectivity index (χ1) is 13.1. The molecule has 5 rings (SSSR count). The van der Waals surface area contributed by atoms with Crippen LogP contribution in [-0.4, -0.2) is 7.05 Å². The van der Waals surface area contributed by atoms with E-state index >= 15 is 4.39 Å². The molecule has 0 radical (unpaired) electrons. The summed E-state index contributed by atoms with van der Waals surface area (Å²) in [6.07, 6.45) is 0. The van der Waals surface area contributed by atoms with Crippen LogP contribution in [-0.2, 0) is 0 Å². The van der Waals surface area contributed by atoms with Gasteiger partial charge in [-0.25, -0.2) is 4.39 Å². The molecule has 0 saturated heterocycles. The van der Waals surface area contributed by atoms with Gasteiger partial charge < -0.3 is 4.90 Å². The van der Waals surface area contributed by atoms with Crippen molar-refractivity contribution in [1.82, 2.24) is 0 Å². The van der Waals surface area contributed by atoms with Crippen molar-refractivity contribution >= 4 is 44.7 Å². The Labute approximate surface area is 162 Å². The first-order valence-electron chi connectivity index (χ1n) is 9.24. The molecule has 4 aromatic carbocycles. The maximum atomic E-state index is 15.2. The summed E-state index contributed by atoms with van der Waals surface area (Å²) in [6, 6.07) is 20.3. The van der Waals surface area contributed by atoms with Crippen molar-refractivity contribution in [3.8, 4) is 0 Å². The van der Waals surface area contributed by atoms with Crippen molar-refractivity contribution in [1.29, 1.82) is 0 Å². The third-order valence-corrected chi connectivity index (χ3v) is 6.76. The van der Waals surface area contributed by atoms with Gasteiger partial charge in [0.25, 0.3) is 0 Å². The van der Waals surface area contributed by atoms with E-state index in [0.29, 0.717) is 16.7 Å². The topological polar surface area (TPSA) is 3.24 Å². The summed E-state index contributed by atoms with van der Waals surface area (Å²) >= 11 is 1.78. The number of fused-ring (bicyclic) bond motifs is 5. The van der Waals surface area contributed by atoms with Crippen LogP contribution < -0.4 is 4.90 Å². The van der Waals surface area contributed by atoms with Gasteiger partial charge in [0.1, 0.15) is 5.82 Å². The molecule has 1 heterocycles. The first-order valence-corrected chi connectivity index (χ1v) is 10.1. The van der Waals surface area contributed by atoms with Gasteiger partial charge in [0, 0.05) is 33.0 Å². The van der Waals surface area contributed by atoms with E-state index in [1.165, 1.54) is 16.1 Å². The number of rotatable bonds is 1. The lowest BCUT2D eigenvalue weighted by Crippen LogP contribution is -2.16. The Balaban J connectivity index is 1.83. The van der Waals surface area contributed by atoms with Crippen LogP contribution in [0.5, 0.6) is 0 Å². The van der Waals surface area contributed by atoms with E-state index in [9.17, 15) is 0 Å². The molecule has 4 aromatic rings. The molecule has 1 nitrogen and oxygen atoms in total. The van der Waals surface area contributed by atoms with Crippen molar-refractivity contribution in [2.45, 2.75) is 29.6 Å².